The summed E-state index contributed by atoms with van der Waals surface area (Å²) in [5, 5.41) is 14.0. The molecule has 0 saturated carbocycles. The number of hydrogen-bond acceptors (Lipinski definition) is 6. The molecule has 0 unspecified atom stereocenters. The molecular weight excluding hydrogens is 484 g/mol. The Morgan fingerprint density at radius 3 is 1.77 bits per heavy atom. The van der Waals surface area contributed by atoms with Gasteiger partial charge < -0.3 is 4.74 Å². The number of rotatable bonds is 9. The Balaban J connectivity index is 1.69. The van der Waals surface area contributed by atoms with E-state index in [1.54, 1.807) is 6.92 Å². The second-order valence-electron chi connectivity index (χ2n) is 8.76. The molecule has 0 aliphatic heterocycles. The number of anilines is 1. The van der Waals surface area contributed by atoms with Gasteiger partial charge in [0.1, 0.15) is 5.69 Å². The topological polar surface area (TPSA) is 76.5 Å². The fraction of sp³-hybridized carbons (Fsp3) is 0.0909. The van der Waals surface area contributed by atoms with Crippen LogP contribution in [0.1, 0.15) is 18.9 Å². The normalized spacial score (nSPS) is 11.2. The van der Waals surface area contributed by atoms with Gasteiger partial charge in [0.05, 0.1) is 18.7 Å². The molecule has 0 atom stereocenters. The maximum absolute atomic E-state index is 12.4. The van der Waals surface area contributed by atoms with Crippen molar-refractivity contribution in [2.75, 3.05) is 12.0 Å². The Bertz CT molecular complexity index is 1560. The van der Waals surface area contributed by atoms with Crippen LogP contribution < -0.4 is 5.43 Å². The summed E-state index contributed by atoms with van der Waals surface area (Å²) in [6.07, 6.45) is 0.0204. The second kappa shape index (κ2) is 12.4. The van der Waals surface area contributed by atoms with Crippen molar-refractivity contribution in [2.24, 2.45) is 5.10 Å². The number of esters is 1. The Morgan fingerprint density at radius 2 is 1.21 bits per heavy atom. The summed E-state index contributed by atoms with van der Waals surface area (Å²) in [7, 11) is 0. The fourth-order valence-corrected chi connectivity index (χ4v) is 4.39. The van der Waals surface area contributed by atoms with Gasteiger partial charge in [-0.2, -0.15) is 5.10 Å². The number of benzene rings is 4. The number of ether oxygens (including phenoxy) is 1. The van der Waals surface area contributed by atoms with Crippen LogP contribution in [-0.2, 0) is 9.53 Å². The Morgan fingerprint density at radius 1 is 0.692 bits per heavy atom. The van der Waals surface area contributed by atoms with E-state index in [0.29, 0.717) is 18.1 Å². The Kier molecular flexibility index (Phi) is 8.14. The van der Waals surface area contributed by atoms with E-state index in [-0.39, 0.29) is 12.4 Å². The number of nitrogens with zero attached hydrogens (tertiary/aromatic N) is 3. The largest absolute Gasteiger partial charge is 0.466 e. The molecule has 192 valence electrons. The van der Waals surface area contributed by atoms with E-state index in [9.17, 15) is 4.79 Å². The van der Waals surface area contributed by atoms with Crippen molar-refractivity contribution in [3.05, 3.63) is 127 Å². The van der Waals surface area contributed by atoms with Gasteiger partial charge in [-0.05, 0) is 23.6 Å². The summed E-state index contributed by atoms with van der Waals surface area (Å²) in [5.41, 5.74) is 10.0. The van der Waals surface area contributed by atoms with Crippen LogP contribution in [0.15, 0.2) is 126 Å². The number of nitrogens with one attached hydrogen (secondary N) is 1. The molecule has 0 aliphatic carbocycles. The molecule has 39 heavy (non-hydrogen) atoms. The van der Waals surface area contributed by atoms with Crippen molar-refractivity contribution < 1.29 is 9.53 Å². The predicted molar refractivity (Wildman–Crippen MR) is 156 cm³/mol. The van der Waals surface area contributed by atoms with E-state index >= 15 is 0 Å². The van der Waals surface area contributed by atoms with E-state index in [1.807, 2.05) is 109 Å². The zero-order valence-corrected chi connectivity index (χ0v) is 21.6. The number of carbonyl (C=O) groups excluding carboxylic acids is 1. The highest BCUT2D eigenvalue weighted by Crippen LogP contribution is 2.41. The highest BCUT2D eigenvalue weighted by atomic mass is 16.5. The lowest BCUT2D eigenvalue weighted by atomic mass is 9.91. The molecule has 0 spiro atoms. The lowest BCUT2D eigenvalue weighted by Crippen LogP contribution is -2.14. The molecule has 1 heterocycles. The third-order valence-electron chi connectivity index (χ3n) is 6.17. The van der Waals surface area contributed by atoms with Crippen molar-refractivity contribution in [2.45, 2.75) is 13.3 Å². The van der Waals surface area contributed by atoms with Crippen LogP contribution >= 0.6 is 0 Å². The van der Waals surface area contributed by atoms with E-state index in [2.05, 4.69) is 32.9 Å². The van der Waals surface area contributed by atoms with E-state index in [4.69, 9.17) is 4.74 Å². The van der Waals surface area contributed by atoms with Crippen LogP contribution in [0.25, 0.3) is 33.5 Å². The van der Waals surface area contributed by atoms with Gasteiger partial charge in [0.25, 0.3) is 0 Å². The van der Waals surface area contributed by atoms with E-state index in [0.717, 1.165) is 39.1 Å². The molecule has 0 amide bonds. The molecule has 0 saturated heterocycles. The van der Waals surface area contributed by atoms with Crippen molar-refractivity contribution >= 4 is 17.5 Å². The SMILES string of the molecule is CCOC(=O)CC(=NNc1nnc(-c2ccccc2)c(-c2ccccc2)c1-c1ccccc1)c1ccccc1. The number of hydrogen-bond donors (Lipinski definition) is 1. The Labute approximate surface area is 228 Å². The van der Waals surface area contributed by atoms with Crippen molar-refractivity contribution in [1.29, 1.82) is 0 Å². The number of aromatic nitrogens is 2. The summed E-state index contributed by atoms with van der Waals surface area (Å²) < 4.78 is 5.21. The number of carbonyl (C=O) groups is 1. The van der Waals surface area contributed by atoms with Crippen molar-refractivity contribution in [1.82, 2.24) is 10.2 Å². The van der Waals surface area contributed by atoms with Gasteiger partial charge in [0.15, 0.2) is 5.82 Å². The Hall–Kier alpha value is -5.10. The number of hydrazone groups is 1. The van der Waals surface area contributed by atoms with Gasteiger partial charge in [-0.3, -0.25) is 10.2 Å². The smallest absolute Gasteiger partial charge is 0.311 e. The van der Waals surface area contributed by atoms with Crippen LogP contribution in [0.2, 0.25) is 0 Å². The second-order valence-corrected chi connectivity index (χ2v) is 8.76. The molecule has 6 nitrogen and oxygen atoms in total. The third-order valence-corrected chi connectivity index (χ3v) is 6.17. The zero-order valence-electron chi connectivity index (χ0n) is 21.6. The first-order valence-corrected chi connectivity index (χ1v) is 12.8. The summed E-state index contributed by atoms with van der Waals surface area (Å²) in [6, 6.07) is 39.8. The van der Waals surface area contributed by atoms with Crippen molar-refractivity contribution in [3.8, 4) is 33.5 Å². The molecule has 0 bridgehead atoms. The average Bonchev–Trinajstić information content (AvgIpc) is 3.00. The highest BCUT2D eigenvalue weighted by molar-refractivity contribution is 6.09. The third kappa shape index (κ3) is 6.08. The first-order chi connectivity index (χ1) is 19.2. The van der Waals surface area contributed by atoms with Gasteiger partial charge in [-0.15, -0.1) is 10.2 Å². The molecule has 4 aromatic carbocycles. The van der Waals surface area contributed by atoms with Gasteiger partial charge in [-0.25, -0.2) is 0 Å². The van der Waals surface area contributed by atoms with Crippen LogP contribution in [0.5, 0.6) is 0 Å². The molecule has 1 N–H and O–H groups in total. The average molecular weight is 513 g/mol. The molecule has 0 radical (unpaired) electrons. The molecule has 0 fully saturated rings. The van der Waals surface area contributed by atoms with E-state index < -0.39 is 0 Å². The lowest BCUT2D eigenvalue weighted by Gasteiger charge is -2.18. The summed E-state index contributed by atoms with van der Waals surface area (Å²) in [6.45, 7) is 2.09. The minimum Gasteiger partial charge on any atom is -0.466 e. The maximum atomic E-state index is 12.4. The summed E-state index contributed by atoms with van der Waals surface area (Å²) in [4.78, 5) is 12.4. The zero-order chi connectivity index (χ0) is 26.9. The van der Waals surface area contributed by atoms with E-state index in [1.165, 1.54) is 0 Å². The van der Waals surface area contributed by atoms with Gasteiger partial charge in [-0.1, -0.05) is 121 Å². The van der Waals surface area contributed by atoms with Crippen LogP contribution in [-0.4, -0.2) is 28.5 Å². The van der Waals surface area contributed by atoms with Gasteiger partial charge >= 0.3 is 5.97 Å². The van der Waals surface area contributed by atoms with Crippen LogP contribution in [0.3, 0.4) is 0 Å². The van der Waals surface area contributed by atoms with Crippen LogP contribution in [0.4, 0.5) is 5.82 Å². The highest BCUT2D eigenvalue weighted by Gasteiger charge is 2.21. The summed E-state index contributed by atoms with van der Waals surface area (Å²) >= 11 is 0. The molecule has 0 aliphatic rings. The lowest BCUT2D eigenvalue weighted by molar-refractivity contribution is -0.141. The molecule has 5 aromatic rings. The fourth-order valence-electron chi connectivity index (χ4n) is 4.39. The molecule has 6 heteroatoms. The first-order valence-electron chi connectivity index (χ1n) is 12.8. The minimum absolute atomic E-state index is 0.0204. The standard InChI is InChI=1S/C33H28N4O2/c1-2-39-29(38)23-28(24-15-7-3-8-16-24)34-36-33-31(26-19-11-5-12-20-26)30(25-17-9-4-10-18-25)32(35-37-33)27-21-13-6-14-22-27/h3-22H,2,23H2,1H3,(H,36,37). The van der Waals surface area contributed by atoms with Gasteiger partial charge in [0, 0.05) is 16.7 Å². The minimum atomic E-state index is -0.347. The molecular formula is C33H28N4O2. The molecule has 5 rings (SSSR count). The maximum Gasteiger partial charge on any atom is 0.311 e. The predicted octanol–water partition coefficient (Wildman–Crippen LogP) is 7.25. The van der Waals surface area contributed by atoms with Crippen LogP contribution in [0, 0.1) is 0 Å². The quantitative estimate of drug-likeness (QED) is 0.128. The molecule has 1 aromatic heterocycles. The van der Waals surface area contributed by atoms with Crippen molar-refractivity contribution in [3.63, 3.8) is 0 Å². The first kappa shape index (κ1) is 25.5. The summed E-state index contributed by atoms with van der Waals surface area (Å²) in [5.74, 6) is 0.137. The monoisotopic (exact) mass is 512 g/mol. The van der Waals surface area contributed by atoms with Gasteiger partial charge in [0.2, 0.25) is 0 Å².